The maximum atomic E-state index is 13.2. The molecule has 1 amide bonds. The summed E-state index contributed by atoms with van der Waals surface area (Å²) in [6.45, 7) is 1.95. The highest BCUT2D eigenvalue weighted by Gasteiger charge is 2.36. The Hall–Kier alpha value is -3.28. The molecule has 142 valence electrons. The van der Waals surface area contributed by atoms with E-state index in [0.717, 1.165) is 23.3 Å². The first kappa shape index (κ1) is 18.1. The second kappa shape index (κ2) is 6.71. The Bertz CT molecular complexity index is 1030. The number of hydrogen-bond donors (Lipinski definition) is 1. The van der Waals surface area contributed by atoms with Crippen LogP contribution in [-0.4, -0.2) is 5.91 Å². The van der Waals surface area contributed by atoms with Crippen LogP contribution in [0, 0.1) is 6.92 Å². The molecule has 28 heavy (non-hydrogen) atoms. The van der Waals surface area contributed by atoms with E-state index in [0.29, 0.717) is 11.3 Å². The van der Waals surface area contributed by atoms with Gasteiger partial charge in [0.2, 0.25) is 0 Å². The van der Waals surface area contributed by atoms with Crippen LogP contribution in [0.4, 0.5) is 24.5 Å². The predicted molar refractivity (Wildman–Crippen MR) is 102 cm³/mol. The number of fused-ring (bicyclic) bond motifs is 1. The molecule has 0 spiro atoms. The van der Waals surface area contributed by atoms with E-state index in [1.165, 1.54) is 17.0 Å². The number of nitrogens with one attached hydrogen (secondary N) is 1. The summed E-state index contributed by atoms with van der Waals surface area (Å²) in [7, 11) is 0. The second-order valence-electron chi connectivity index (χ2n) is 6.73. The summed E-state index contributed by atoms with van der Waals surface area (Å²) < 4.78 is 39.6. The van der Waals surface area contributed by atoms with Gasteiger partial charge in [-0.15, -0.1) is 0 Å². The molecule has 0 aromatic heterocycles. The zero-order chi connectivity index (χ0) is 19.9. The van der Waals surface area contributed by atoms with E-state index in [2.05, 4.69) is 5.32 Å². The Morgan fingerprint density at radius 2 is 1.64 bits per heavy atom. The maximum Gasteiger partial charge on any atom is 0.416 e. The van der Waals surface area contributed by atoms with E-state index in [1.54, 1.807) is 18.2 Å². The number of benzene rings is 3. The Labute approximate surface area is 160 Å². The van der Waals surface area contributed by atoms with Crippen molar-refractivity contribution in [2.45, 2.75) is 19.3 Å². The van der Waals surface area contributed by atoms with E-state index < -0.39 is 17.9 Å². The van der Waals surface area contributed by atoms with Gasteiger partial charge in [-0.1, -0.05) is 48.0 Å². The van der Waals surface area contributed by atoms with Crippen molar-refractivity contribution >= 4 is 17.3 Å². The second-order valence-corrected chi connectivity index (χ2v) is 6.73. The number of carbonyl (C=O) groups excluding carboxylic acids is 1. The molecule has 0 unspecified atom stereocenters. The zero-order valence-electron chi connectivity index (χ0n) is 15.0. The molecular formula is C22H17F3N2O. The molecule has 1 aliphatic rings. The lowest BCUT2D eigenvalue weighted by molar-refractivity contribution is -0.137. The fourth-order valence-electron chi connectivity index (χ4n) is 3.33. The number of aryl methyl sites for hydroxylation is 1. The van der Waals surface area contributed by atoms with Gasteiger partial charge in [0.05, 0.1) is 11.1 Å². The fourth-order valence-corrected chi connectivity index (χ4v) is 3.33. The van der Waals surface area contributed by atoms with Gasteiger partial charge in [-0.25, -0.2) is 0 Å². The van der Waals surface area contributed by atoms with E-state index in [-0.39, 0.29) is 11.6 Å². The van der Waals surface area contributed by atoms with Gasteiger partial charge in [0.1, 0.15) is 6.17 Å². The number of rotatable bonds is 2. The molecule has 6 heteroatoms. The number of nitrogens with zero attached hydrogens (tertiary/aromatic N) is 1. The van der Waals surface area contributed by atoms with Crippen LogP contribution in [0.15, 0.2) is 72.8 Å². The molecule has 3 aromatic rings. The van der Waals surface area contributed by atoms with Crippen molar-refractivity contribution in [1.29, 1.82) is 0 Å². The molecule has 3 aromatic carbocycles. The van der Waals surface area contributed by atoms with Crippen LogP contribution < -0.4 is 10.2 Å². The van der Waals surface area contributed by atoms with Crippen molar-refractivity contribution in [1.82, 2.24) is 0 Å². The molecule has 0 bridgehead atoms. The topological polar surface area (TPSA) is 32.3 Å². The van der Waals surface area contributed by atoms with Crippen LogP contribution in [-0.2, 0) is 6.18 Å². The number of para-hydroxylation sites is 1. The van der Waals surface area contributed by atoms with E-state index in [1.807, 2.05) is 37.3 Å². The van der Waals surface area contributed by atoms with Crippen LogP contribution in [0.25, 0.3) is 0 Å². The van der Waals surface area contributed by atoms with Crippen molar-refractivity contribution < 1.29 is 18.0 Å². The predicted octanol–water partition coefficient (Wildman–Crippen LogP) is 5.78. The first-order valence-electron chi connectivity index (χ1n) is 8.77. The summed E-state index contributed by atoms with van der Waals surface area (Å²) in [5.74, 6) is -0.348. The van der Waals surface area contributed by atoms with Crippen LogP contribution in [0.3, 0.4) is 0 Å². The molecule has 1 aliphatic heterocycles. The first-order chi connectivity index (χ1) is 13.3. The smallest absolute Gasteiger partial charge is 0.360 e. The summed E-state index contributed by atoms with van der Waals surface area (Å²) in [5.41, 5.74) is 2.30. The van der Waals surface area contributed by atoms with Gasteiger partial charge in [0.25, 0.3) is 5.91 Å². The van der Waals surface area contributed by atoms with Gasteiger partial charge >= 0.3 is 6.18 Å². The van der Waals surface area contributed by atoms with Crippen molar-refractivity contribution in [2.24, 2.45) is 0 Å². The molecule has 0 aliphatic carbocycles. The largest absolute Gasteiger partial charge is 0.416 e. The molecule has 1 atom stereocenters. The molecule has 0 saturated carbocycles. The van der Waals surface area contributed by atoms with Gasteiger partial charge in [-0.3, -0.25) is 9.69 Å². The number of hydrogen-bond acceptors (Lipinski definition) is 2. The van der Waals surface area contributed by atoms with Crippen LogP contribution >= 0.6 is 0 Å². The van der Waals surface area contributed by atoms with Crippen molar-refractivity contribution in [3.05, 3.63) is 95.1 Å². The minimum atomic E-state index is -4.49. The van der Waals surface area contributed by atoms with Gasteiger partial charge in [-0.05, 0) is 42.8 Å². The number of anilines is 2. The van der Waals surface area contributed by atoms with E-state index >= 15 is 0 Å². The maximum absolute atomic E-state index is 13.2. The lowest BCUT2D eigenvalue weighted by Crippen LogP contribution is -2.43. The lowest BCUT2D eigenvalue weighted by atomic mass is 10.0. The summed E-state index contributed by atoms with van der Waals surface area (Å²) >= 11 is 0. The average molecular weight is 382 g/mol. The van der Waals surface area contributed by atoms with E-state index in [4.69, 9.17) is 0 Å². The fraction of sp³-hybridized carbons (Fsp3) is 0.136. The first-order valence-corrected chi connectivity index (χ1v) is 8.77. The summed E-state index contributed by atoms with van der Waals surface area (Å²) in [6.07, 6.45) is -5.11. The number of alkyl halides is 3. The van der Waals surface area contributed by atoms with E-state index in [9.17, 15) is 18.0 Å². The summed E-state index contributed by atoms with van der Waals surface area (Å²) in [4.78, 5) is 14.6. The number of carbonyl (C=O) groups is 1. The molecule has 1 heterocycles. The zero-order valence-corrected chi connectivity index (χ0v) is 15.0. The molecule has 4 rings (SSSR count). The number of halogens is 3. The Kier molecular flexibility index (Phi) is 4.34. The molecule has 0 radical (unpaired) electrons. The minimum absolute atomic E-state index is 0.187. The Balaban J connectivity index is 1.86. The van der Waals surface area contributed by atoms with Gasteiger partial charge in [-0.2, -0.15) is 13.2 Å². The van der Waals surface area contributed by atoms with Gasteiger partial charge in [0, 0.05) is 11.4 Å². The minimum Gasteiger partial charge on any atom is -0.360 e. The van der Waals surface area contributed by atoms with Gasteiger partial charge in [0.15, 0.2) is 0 Å². The quantitative estimate of drug-likeness (QED) is 0.609. The van der Waals surface area contributed by atoms with Crippen LogP contribution in [0.2, 0.25) is 0 Å². The SMILES string of the molecule is Cc1ccc([C@H]2Nc3ccccc3C(=O)N2c2cccc(C(F)(F)F)c2)cc1. The summed E-state index contributed by atoms with van der Waals surface area (Å²) in [6, 6.07) is 19.4. The number of amides is 1. The molecule has 3 nitrogen and oxygen atoms in total. The normalized spacial score (nSPS) is 16.5. The van der Waals surface area contributed by atoms with Crippen LogP contribution in [0.5, 0.6) is 0 Å². The molecule has 1 N–H and O–H groups in total. The highest BCUT2D eigenvalue weighted by molar-refractivity contribution is 6.12. The van der Waals surface area contributed by atoms with Crippen molar-refractivity contribution in [3.63, 3.8) is 0 Å². The lowest BCUT2D eigenvalue weighted by Gasteiger charge is -2.38. The monoisotopic (exact) mass is 382 g/mol. The summed E-state index contributed by atoms with van der Waals surface area (Å²) in [5, 5.41) is 3.29. The average Bonchev–Trinajstić information content (AvgIpc) is 2.68. The molecule has 0 fully saturated rings. The Morgan fingerprint density at radius 3 is 2.36 bits per heavy atom. The van der Waals surface area contributed by atoms with Crippen LogP contribution in [0.1, 0.15) is 33.2 Å². The van der Waals surface area contributed by atoms with Crippen molar-refractivity contribution in [2.75, 3.05) is 10.2 Å². The highest BCUT2D eigenvalue weighted by atomic mass is 19.4. The molecular weight excluding hydrogens is 365 g/mol. The third kappa shape index (κ3) is 3.22. The van der Waals surface area contributed by atoms with Crippen molar-refractivity contribution in [3.8, 4) is 0 Å². The van der Waals surface area contributed by atoms with Gasteiger partial charge < -0.3 is 5.32 Å². The Morgan fingerprint density at radius 1 is 0.929 bits per heavy atom. The molecule has 0 saturated heterocycles. The standard InChI is InChI=1S/C22H17F3N2O/c1-14-9-11-15(12-10-14)20-26-19-8-3-2-7-18(19)21(28)27(20)17-6-4-5-16(13-17)22(23,24)25/h2-13,20,26H,1H3/t20-/m0/s1. The third-order valence-corrected chi connectivity index (χ3v) is 4.77. The highest BCUT2D eigenvalue weighted by Crippen LogP contribution is 2.39. The third-order valence-electron chi connectivity index (χ3n) is 4.77.